The summed E-state index contributed by atoms with van der Waals surface area (Å²) in [4.78, 5) is 19.8. The number of carbonyl (C=O) groups is 1. The van der Waals surface area contributed by atoms with Crippen molar-refractivity contribution < 1.29 is 13.2 Å². The Kier molecular flexibility index (Phi) is 6.63. The molecule has 0 bridgehead atoms. The number of nitrogens with zero attached hydrogens (tertiary/aromatic N) is 2. The Bertz CT molecular complexity index is 1230. The maximum absolute atomic E-state index is 13.0. The number of benzene rings is 3. The molecule has 2 heterocycles. The first-order valence-electron chi connectivity index (χ1n) is 11.5. The summed E-state index contributed by atoms with van der Waals surface area (Å²) in [5.74, 6) is 0.109. The molecule has 0 unspecified atom stereocenters. The molecule has 1 fully saturated rings. The van der Waals surface area contributed by atoms with E-state index >= 15 is 0 Å². The molecule has 1 N–H and O–H groups in total. The van der Waals surface area contributed by atoms with Gasteiger partial charge in [-0.1, -0.05) is 54.2 Å². The van der Waals surface area contributed by atoms with Crippen LogP contribution in [0.15, 0.2) is 93.5 Å². The van der Waals surface area contributed by atoms with Gasteiger partial charge in [-0.25, -0.2) is 13.1 Å². The third kappa shape index (κ3) is 4.85. The van der Waals surface area contributed by atoms with E-state index in [1.807, 2.05) is 29.2 Å². The van der Waals surface area contributed by atoms with E-state index in [4.69, 9.17) is 0 Å². The van der Waals surface area contributed by atoms with Gasteiger partial charge in [-0.3, -0.25) is 4.79 Å². The topological polar surface area (TPSA) is 69.7 Å². The molecule has 2 aliphatic rings. The molecule has 0 aliphatic carbocycles. The lowest BCUT2D eigenvalue weighted by molar-refractivity contribution is -0.132. The predicted octanol–water partition coefficient (Wildman–Crippen LogP) is 4.65. The lowest BCUT2D eigenvalue weighted by atomic mass is 10.1. The quantitative estimate of drug-likeness (QED) is 0.541. The van der Waals surface area contributed by atoms with Crippen molar-refractivity contribution in [3.8, 4) is 0 Å². The normalized spacial score (nSPS) is 16.1. The number of hydrogen-bond acceptors (Lipinski definition) is 5. The molecule has 0 atom stereocenters. The minimum atomic E-state index is -3.54. The van der Waals surface area contributed by atoms with Crippen molar-refractivity contribution in [2.75, 3.05) is 24.5 Å². The first kappa shape index (κ1) is 23.0. The van der Waals surface area contributed by atoms with Crippen LogP contribution in [0.4, 0.5) is 11.4 Å². The molecule has 8 heteroatoms. The molecule has 2 aliphatic heterocycles. The van der Waals surface area contributed by atoms with E-state index in [0.29, 0.717) is 38.9 Å². The van der Waals surface area contributed by atoms with Crippen molar-refractivity contribution in [1.29, 1.82) is 0 Å². The lowest BCUT2D eigenvalue weighted by Gasteiger charge is -2.35. The predicted molar refractivity (Wildman–Crippen MR) is 135 cm³/mol. The van der Waals surface area contributed by atoms with Gasteiger partial charge in [-0.2, -0.15) is 0 Å². The average Bonchev–Trinajstić information content (AvgIpc) is 2.87. The summed E-state index contributed by atoms with van der Waals surface area (Å²) in [7, 11) is -3.54. The van der Waals surface area contributed by atoms with E-state index in [9.17, 15) is 13.2 Å². The zero-order chi connectivity index (χ0) is 23.5. The molecular formula is C26H27N3O3S2. The third-order valence-corrected chi connectivity index (χ3v) is 8.97. The maximum Gasteiger partial charge on any atom is 0.240 e. The van der Waals surface area contributed by atoms with E-state index in [1.54, 1.807) is 42.1 Å². The number of amides is 1. The number of piperidine rings is 1. The van der Waals surface area contributed by atoms with Crippen LogP contribution in [0.3, 0.4) is 0 Å². The molecule has 0 saturated carbocycles. The standard InChI is InChI=1S/C26H27N3O3S2/c30-26(28-17-14-20(15-18-28)27-34(31,32)21-8-2-1-3-9-21)16-19-29-22-10-4-6-12-24(22)33-25-13-7-5-11-23(25)29/h1-13,20,27H,14-19H2. The third-order valence-electron chi connectivity index (χ3n) is 6.30. The van der Waals surface area contributed by atoms with Crippen LogP contribution in [-0.2, 0) is 14.8 Å². The molecule has 34 heavy (non-hydrogen) atoms. The SMILES string of the molecule is O=C(CCN1c2ccccc2Sc2ccccc21)N1CCC(NS(=O)(=O)c2ccccc2)CC1. The van der Waals surface area contributed by atoms with Crippen molar-refractivity contribution in [2.45, 2.75) is 40.0 Å². The van der Waals surface area contributed by atoms with Crippen LogP contribution in [0.5, 0.6) is 0 Å². The Morgan fingerprint density at radius 2 is 1.41 bits per heavy atom. The van der Waals surface area contributed by atoms with Gasteiger partial charge in [0.1, 0.15) is 0 Å². The molecule has 0 spiro atoms. The Morgan fingerprint density at radius 1 is 0.853 bits per heavy atom. The number of anilines is 2. The number of likely N-dealkylation sites (tertiary alicyclic amines) is 1. The fourth-order valence-electron chi connectivity index (χ4n) is 4.52. The minimum Gasteiger partial charge on any atom is -0.343 e. The van der Waals surface area contributed by atoms with Crippen molar-refractivity contribution >= 4 is 39.1 Å². The largest absolute Gasteiger partial charge is 0.343 e. The van der Waals surface area contributed by atoms with Crippen molar-refractivity contribution in [3.05, 3.63) is 78.9 Å². The molecule has 6 nitrogen and oxygen atoms in total. The molecule has 5 rings (SSSR count). The highest BCUT2D eigenvalue weighted by Crippen LogP contribution is 2.47. The summed E-state index contributed by atoms with van der Waals surface area (Å²) in [6, 6.07) is 24.8. The first-order valence-corrected chi connectivity index (χ1v) is 13.8. The summed E-state index contributed by atoms with van der Waals surface area (Å²) < 4.78 is 28.0. The molecule has 3 aromatic carbocycles. The number of sulfonamides is 1. The summed E-state index contributed by atoms with van der Waals surface area (Å²) in [5.41, 5.74) is 2.26. The maximum atomic E-state index is 13.0. The fourth-order valence-corrected chi connectivity index (χ4v) is 6.94. The van der Waals surface area contributed by atoms with Crippen molar-refractivity contribution in [2.24, 2.45) is 0 Å². The Labute approximate surface area is 205 Å². The Balaban J connectivity index is 1.19. The van der Waals surface area contributed by atoms with Crippen LogP contribution >= 0.6 is 11.8 Å². The molecule has 0 aromatic heterocycles. The second-order valence-electron chi connectivity index (χ2n) is 8.53. The van der Waals surface area contributed by atoms with Gasteiger partial charge in [0.15, 0.2) is 0 Å². The molecule has 1 saturated heterocycles. The summed E-state index contributed by atoms with van der Waals surface area (Å²) in [5, 5.41) is 0. The van der Waals surface area contributed by atoms with Gasteiger partial charge < -0.3 is 9.80 Å². The van der Waals surface area contributed by atoms with E-state index in [2.05, 4.69) is 33.9 Å². The van der Waals surface area contributed by atoms with Crippen molar-refractivity contribution in [3.63, 3.8) is 0 Å². The van der Waals surface area contributed by atoms with Crippen LogP contribution in [0.2, 0.25) is 0 Å². The van der Waals surface area contributed by atoms with E-state index in [0.717, 1.165) is 11.4 Å². The smallest absolute Gasteiger partial charge is 0.240 e. The highest BCUT2D eigenvalue weighted by molar-refractivity contribution is 7.99. The first-order chi connectivity index (χ1) is 16.5. The van der Waals surface area contributed by atoms with E-state index in [-0.39, 0.29) is 16.8 Å². The Morgan fingerprint density at radius 3 is 2.03 bits per heavy atom. The summed E-state index contributed by atoms with van der Waals surface area (Å²) in [6.07, 6.45) is 1.64. The van der Waals surface area contributed by atoms with Gasteiger partial charge in [0.2, 0.25) is 15.9 Å². The Hall–Kier alpha value is -2.81. The van der Waals surface area contributed by atoms with Crippen LogP contribution in [0, 0.1) is 0 Å². The summed E-state index contributed by atoms with van der Waals surface area (Å²) in [6.45, 7) is 1.72. The van der Waals surface area contributed by atoms with Gasteiger partial charge in [-0.05, 0) is 49.2 Å². The lowest BCUT2D eigenvalue weighted by Crippen LogP contribution is -2.46. The molecule has 176 valence electrons. The van der Waals surface area contributed by atoms with Gasteiger partial charge in [0, 0.05) is 41.9 Å². The van der Waals surface area contributed by atoms with E-state index in [1.165, 1.54) is 9.79 Å². The number of carbonyl (C=O) groups excluding carboxylic acids is 1. The molecule has 0 radical (unpaired) electrons. The van der Waals surface area contributed by atoms with Crippen LogP contribution in [0.1, 0.15) is 19.3 Å². The van der Waals surface area contributed by atoms with Gasteiger partial charge in [0.25, 0.3) is 0 Å². The minimum absolute atomic E-state index is 0.109. The fraction of sp³-hybridized carbons (Fsp3) is 0.269. The number of rotatable bonds is 6. The average molecular weight is 494 g/mol. The number of fused-ring (bicyclic) bond motifs is 2. The molecule has 1 amide bonds. The van der Waals surface area contributed by atoms with Gasteiger partial charge in [-0.15, -0.1) is 0 Å². The van der Waals surface area contributed by atoms with Crippen molar-refractivity contribution in [1.82, 2.24) is 9.62 Å². The number of para-hydroxylation sites is 2. The number of nitrogens with one attached hydrogen (secondary N) is 1. The van der Waals surface area contributed by atoms with Crippen LogP contribution < -0.4 is 9.62 Å². The molecular weight excluding hydrogens is 466 g/mol. The second-order valence-corrected chi connectivity index (χ2v) is 11.3. The zero-order valence-corrected chi connectivity index (χ0v) is 20.4. The number of hydrogen-bond donors (Lipinski definition) is 1. The zero-order valence-electron chi connectivity index (χ0n) is 18.8. The van der Waals surface area contributed by atoms with Crippen LogP contribution in [0.25, 0.3) is 0 Å². The highest BCUT2D eigenvalue weighted by Gasteiger charge is 2.28. The summed E-state index contributed by atoms with van der Waals surface area (Å²) >= 11 is 1.76. The highest BCUT2D eigenvalue weighted by atomic mass is 32.2. The van der Waals surface area contributed by atoms with Gasteiger partial charge >= 0.3 is 0 Å². The van der Waals surface area contributed by atoms with Crippen LogP contribution in [-0.4, -0.2) is 44.9 Å². The molecule has 3 aromatic rings. The monoisotopic (exact) mass is 493 g/mol. The van der Waals surface area contributed by atoms with Gasteiger partial charge in [0.05, 0.1) is 16.3 Å². The van der Waals surface area contributed by atoms with E-state index < -0.39 is 10.0 Å². The second kappa shape index (κ2) is 9.82.